The lowest BCUT2D eigenvalue weighted by molar-refractivity contribution is -0.139. The van der Waals surface area contributed by atoms with Gasteiger partial charge in [-0.2, -0.15) is 5.26 Å². The Balaban J connectivity index is 2.14. The predicted octanol–water partition coefficient (Wildman–Crippen LogP) is 3.52. The van der Waals surface area contributed by atoms with E-state index < -0.39 is 11.9 Å². The molecular formula is C21H19N3O4. The molecule has 1 aromatic heterocycles. The number of carbonyl (C=O) groups excluding carboxylic acids is 1. The zero-order chi connectivity index (χ0) is 20.1. The van der Waals surface area contributed by atoms with Gasteiger partial charge in [0.05, 0.1) is 24.3 Å². The second kappa shape index (κ2) is 8.27. The van der Waals surface area contributed by atoms with E-state index in [4.69, 9.17) is 19.9 Å². The molecule has 0 bridgehead atoms. The molecule has 7 nitrogen and oxygen atoms in total. The minimum atomic E-state index is -0.773. The molecular weight excluding hydrogens is 358 g/mol. The number of benzene rings is 1. The monoisotopic (exact) mass is 377 g/mol. The Kier molecular flexibility index (Phi) is 5.61. The summed E-state index contributed by atoms with van der Waals surface area (Å²) < 4.78 is 16.6. The number of hydrogen-bond donors (Lipinski definition) is 1. The zero-order valence-electron chi connectivity index (χ0n) is 15.5. The first-order valence-corrected chi connectivity index (χ1v) is 8.69. The van der Waals surface area contributed by atoms with Gasteiger partial charge in [0.25, 0.3) is 0 Å². The van der Waals surface area contributed by atoms with Gasteiger partial charge in [-0.15, -0.1) is 0 Å². The van der Waals surface area contributed by atoms with Crippen LogP contribution in [0.15, 0.2) is 71.6 Å². The third-order valence-electron chi connectivity index (χ3n) is 4.19. The zero-order valence-corrected chi connectivity index (χ0v) is 15.5. The number of nitrogens with zero attached hydrogens (tertiary/aromatic N) is 2. The lowest BCUT2D eigenvalue weighted by Gasteiger charge is -2.27. The summed E-state index contributed by atoms with van der Waals surface area (Å²) in [5, 5.41) is 9.70. The van der Waals surface area contributed by atoms with E-state index in [1.165, 1.54) is 0 Å². The van der Waals surface area contributed by atoms with Crippen LogP contribution >= 0.6 is 0 Å². The number of allylic oxidation sites excluding steroid dienone is 2. The largest absolute Gasteiger partial charge is 0.463 e. The van der Waals surface area contributed by atoms with Crippen molar-refractivity contribution >= 4 is 5.97 Å². The number of aromatic nitrogens is 1. The van der Waals surface area contributed by atoms with Gasteiger partial charge in [0.1, 0.15) is 28.9 Å². The summed E-state index contributed by atoms with van der Waals surface area (Å²) in [6, 6.07) is 12.7. The van der Waals surface area contributed by atoms with Crippen LogP contribution in [0.3, 0.4) is 0 Å². The van der Waals surface area contributed by atoms with E-state index in [2.05, 4.69) is 11.1 Å². The molecule has 1 unspecified atom stereocenters. The molecule has 0 saturated carbocycles. The first-order valence-electron chi connectivity index (χ1n) is 8.69. The summed E-state index contributed by atoms with van der Waals surface area (Å²) in [6.45, 7) is 3.52. The standard InChI is InChI=1S/C21H19N3O4/c1-3-26-21(25)18-13(2)27-20(23)16(11-22)19(18)15-8-4-5-9-17(15)28-14-7-6-10-24-12-14/h4-10,12,19H,3,23H2,1-2H3. The highest BCUT2D eigenvalue weighted by Crippen LogP contribution is 2.43. The van der Waals surface area contributed by atoms with Crippen LogP contribution in [-0.2, 0) is 14.3 Å². The van der Waals surface area contributed by atoms with Crippen molar-refractivity contribution < 1.29 is 19.0 Å². The molecule has 0 radical (unpaired) electrons. The average molecular weight is 377 g/mol. The third-order valence-corrected chi connectivity index (χ3v) is 4.19. The lowest BCUT2D eigenvalue weighted by Crippen LogP contribution is -2.25. The van der Waals surface area contributed by atoms with E-state index in [1.54, 1.807) is 62.6 Å². The SMILES string of the molecule is CCOC(=O)C1=C(C)OC(N)=C(C#N)C1c1ccccc1Oc1cccnc1. The van der Waals surface area contributed by atoms with Crippen LogP contribution in [-0.4, -0.2) is 17.6 Å². The highest BCUT2D eigenvalue weighted by molar-refractivity contribution is 5.92. The van der Waals surface area contributed by atoms with Crippen molar-refractivity contribution in [3.63, 3.8) is 0 Å². The van der Waals surface area contributed by atoms with Gasteiger partial charge in [-0.1, -0.05) is 18.2 Å². The number of hydrogen-bond acceptors (Lipinski definition) is 7. The molecule has 28 heavy (non-hydrogen) atoms. The minimum absolute atomic E-state index is 0.0470. The van der Waals surface area contributed by atoms with E-state index in [9.17, 15) is 10.1 Å². The second-order valence-corrected chi connectivity index (χ2v) is 5.94. The Morgan fingerprint density at radius 2 is 2.11 bits per heavy atom. The third kappa shape index (κ3) is 3.67. The van der Waals surface area contributed by atoms with Crippen LogP contribution in [0.2, 0.25) is 0 Å². The molecule has 0 amide bonds. The molecule has 0 saturated heterocycles. The molecule has 1 atom stereocenters. The van der Waals surface area contributed by atoms with Gasteiger partial charge in [-0.3, -0.25) is 4.98 Å². The summed E-state index contributed by atoms with van der Waals surface area (Å²) in [6.07, 6.45) is 3.21. The fourth-order valence-electron chi connectivity index (χ4n) is 3.01. The predicted molar refractivity (Wildman–Crippen MR) is 101 cm³/mol. The highest BCUT2D eigenvalue weighted by atomic mass is 16.5. The Morgan fingerprint density at radius 1 is 1.32 bits per heavy atom. The molecule has 7 heteroatoms. The van der Waals surface area contributed by atoms with E-state index in [-0.39, 0.29) is 29.4 Å². The van der Waals surface area contributed by atoms with Gasteiger partial charge >= 0.3 is 5.97 Å². The number of ether oxygens (including phenoxy) is 3. The van der Waals surface area contributed by atoms with Crippen LogP contribution in [0.4, 0.5) is 0 Å². The first-order chi connectivity index (χ1) is 13.6. The maximum atomic E-state index is 12.6. The number of esters is 1. The molecule has 2 aromatic rings. The maximum Gasteiger partial charge on any atom is 0.338 e. The Hall–Kier alpha value is -3.79. The summed E-state index contributed by atoms with van der Waals surface area (Å²) in [7, 11) is 0. The van der Waals surface area contributed by atoms with Crippen LogP contribution in [0, 0.1) is 11.3 Å². The van der Waals surface area contributed by atoms with Crippen molar-refractivity contribution in [1.82, 2.24) is 4.98 Å². The molecule has 142 valence electrons. The van der Waals surface area contributed by atoms with E-state index in [1.807, 2.05) is 0 Å². The molecule has 0 spiro atoms. The summed E-state index contributed by atoms with van der Waals surface area (Å²) in [5.74, 6) is -0.106. The summed E-state index contributed by atoms with van der Waals surface area (Å²) in [5.41, 5.74) is 6.88. The number of rotatable bonds is 5. The van der Waals surface area contributed by atoms with Crippen LogP contribution in [0.25, 0.3) is 0 Å². The quantitative estimate of drug-likeness (QED) is 0.794. The van der Waals surface area contributed by atoms with Gasteiger partial charge < -0.3 is 19.9 Å². The number of pyridine rings is 1. The summed E-state index contributed by atoms with van der Waals surface area (Å²) >= 11 is 0. The average Bonchev–Trinajstić information content (AvgIpc) is 2.69. The smallest absolute Gasteiger partial charge is 0.338 e. The molecule has 2 N–H and O–H groups in total. The molecule has 2 heterocycles. The van der Waals surface area contributed by atoms with Crippen molar-refractivity contribution in [2.24, 2.45) is 5.73 Å². The Bertz CT molecular complexity index is 990. The second-order valence-electron chi connectivity index (χ2n) is 5.94. The molecule has 1 aliphatic heterocycles. The molecule has 0 aliphatic carbocycles. The normalized spacial score (nSPS) is 16.2. The van der Waals surface area contributed by atoms with E-state index in [0.29, 0.717) is 17.1 Å². The van der Waals surface area contributed by atoms with E-state index >= 15 is 0 Å². The van der Waals surface area contributed by atoms with Crippen LogP contribution in [0.1, 0.15) is 25.3 Å². The van der Waals surface area contributed by atoms with E-state index in [0.717, 1.165) is 0 Å². The maximum absolute atomic E-state index is 12.6. The van der Waals surface area contributed by atoms with Crippen LogP contribution < -0.4 is 10.5 Å². The highest BCUT2D eigenvalue weighted by Gasteiger charge is 2.37. The molecule has 1 aromatic carbocycles. The van der Waals surface area contributed by atoms with Crippen molar-refractivity contribution in [3.05, 3.63) is 77.1 Å². The van der Waals surface area contributed by atoms with Crippen molar-refractivity contribution in [2.45, 2.75) is 19.8 Å². The Labute approximate surface area is 162 Å². The molecule has 1 aliphatic rings. The van der Waals surface area contributed by atoms with Gasteiger partial charge in [-0.25, -0.2) is 4.79 Å². The topological polar surface area (TPSA) is 107 Å². The minimum Gasteiger partial charge on any atom is -0.463 e. The number of carbonyl (C=O) groups is 1. The number of nitriles is 1. The molecule has 3 rings (SSSR count). The first kappa shape index (κ1) is 19.0. The van der Waals surface area contributed by atoms with Gasteiger partial charge in [0.2, 0.25) is 5.88 Å². The fourth-order valence-corrected chi connectivity index (χ4v) is 3.01. The molecule has 0 fully saturated rings. The van der Waals surface area contributed by atoms with Gasteiger partial charge in [0, 0.05) is 11.8 Å². The van der Waals surface area contributed by atoms with Crippen molar-refractivity contribution in [3.8, 4) is 17.6 Å². The van der Waals surface area contributed by atoms with Crippen molar-refractivity contribution in [2.75, 3.05) is 6.61 Å². The lowest BCUT2D eigenvalue weighted by atomic mass is 9.82. The fraction of sp³-hybridized carbons (Fsp3) is 0.190. The number of para-hydroxylation sites is 1. The number of nitrogens with two attached hydrogens (primary N) is 1. The van der Waals surface area contributed by atoms with Gasteiger partial charge in [-0.05, 0) is 32.0 Å². The summed E-state index contributed by atoms with van der Waals surface area (Å²) in [4.78, 5) is 16.7. The van der Waals surface area contributed by atoms with Crippen LogP contribution in [0.5, 0.6) is 11.5 Å². The van der Waals surface area contributed by atoms with Crippen molar-refractivity contribution in [1.29, 1.82) is 5.26 Å². The Morgan fingerprint density at radius 3 is 2.79 bits per heavy atom. The van der Waals surface area contributed by atoms with Gasteiger partial charge in [0.15, 0.2) is 0 Å².